The monoisotopic (exact) mass is 415 g/mol. The third kappa shape index (κ3) is 5.51. The summed E-state index contributed by atoms with van der Waals surface area (Å²) < 4.78 is 27.7. The van der Waals surface area contributed by atoms with Gasteiger partial charge in [0.05, 0.1) is 11.3 Å². The van der Waals surface area contributed by atoms with E-state index in [9.17, 15) is 22.8 Å². The minimum absolute atomic E-state index is 0.0700. The van der Waals surface area contributed by atoms with E-state index >= 15 is 0 Å². The number of ether oxygens (including phenoxy) is 1. The van der Waals surface area contributed by atoms with Crippen molar-refractivity contribution >= 4 is 33.2 Å². The lowest BCUT2D eigenvalue weighted by molar-refractivity contribution is -0.117. The summed E-state index contributed by atoms with van der Waals surface area (Å²) >= 11 is 0. The van der Waals surface area contributed by atoms with Crippen LogP contribution in [0.15, 0.2) is 48.5 Å². The Morgan fingerprint density at radius 2 is 1.62 bits per heavy atom. The zero-order chi connectivity index (χ0) is 21.0. The van der Waals surface area contributed by atoms with Crippen LogP contribution in [0, 0.1) is 0 Å². The van der Waals surface area contributed by atoms with Crippen LogP contribution in [-0.4, -0.2) is 45.5 Å². The van der Waals surface area contributed by atoms with Gasteiger partial charge >= 0.3 is 5.97 Å². The van der Waals surface area contributed by atoms with Crippen molar-refractivity contribution in [3.63, 3.8) is 0 Å². The number of carbonyl (C=O) groups is 3. The predicted octanol–water partition coefficient (Wildman–Crippen LogP) is 2.40. The Morgan fingerprint density at radius 3 is 2.17 bits per heavy atom. The topological polar surface area (TPSA) is 97.8 Å². The first kappa shape index (κ1) is 20.7. The molecule has 0 aromatic heterocycles. The molecular formula is C21H21NO6S. The number of carbonyl (C=O) groups excluding carboxylic acids is 3. The number of benzene rings is 2. The van der Waals surface area contributed by atoms with Crippen LogP contribution in [0.25, 0.3) is 0 Å². The Kier molecular flexibility index (Phi) is 6.12. The van der Waals surface area contributed by atoms with Gasteiger partial charge in [-0.3, -0.25) is 9.59 Å². The van der Waals surface area contributed by atoms with Crippen molar-refractivity contribution in [1.82, 2.24) is 0 Å². The van der Waals surface area contributed by atoms with E-state index in [0.717, 1.165) is 18.4 Å². The van der Waals surface area contributed by atoms with Crippen LogP contribution in [0.1, 0.15) is 39.1 Å². The maximum absolute atomic E-state index is 12.3. The van der Waals surface area contributed by atoms with Gasteiger partial charge in [0.25, 0.3) is 0 Å². The summed E-state index contributed by atoms with van der Waals surface area (Å²) in [6.07, 6.45) is 2.49. The molecule has 0 bridgehead atoms. The molecule has 1 amide bonds. The molecular weight excluding hydrogens is 394 g/mol. The van der Waals surface area contributed by atoms with Crippen molar-refractivity contribution in [3.05, 3.63) is 65.2 Å². The number of ketones is 1. The minimum atomic E-state index is -3.16. The van der Waals surface area contributed by atoms with Gasteiger partial charge in [-0.05, 0) is 48.4 Å². The molecule has 29 heavy (non-hydrogen) atoms. The fourth-order valence-corrected chi connectivity index (χ4v) is 3.88. The molecule has 0 atom stereocenters. The van der Waals surface area contributed by atoms with E-state index < -0.39 is 22.4 Å². The van der Waals surface area contributed by atoms with Gasteiger partial charge in [-0.15, -0.1) is 0 Å². The largest absolute Gasteiger partial charge is 0.454 e. The van der Waals surface area contributed by atoms with Gasteiger partial charge in [-0.2, -0.15) is 0 Å². The molecule has 1 aliphatic heterocycles. The van der Waals surface area contributed by atoms with Gasteiger partial charge < -0.3 is 9.64 Å². The Hall–Kier alpha value is -3.00. The number of rotatable bonds is 7. The van der Waals surface area contributed by atoms with Crippen LogP contribution < -0.4 is 4.90 Å². The third-order valence-corrected chi connectivity index (χ3v) is 5.38. The summed E-state index contributed by atoms with van der Waals surface area (Å²) in [4.78, 5) is 37.8. The van der Waals surface area contributed by atoms with Crippen LogP contribution in [0.4, 0.5) is 5.69 Å². The lowest BCUT2D eigenvalue weighted by Crippen LogP contribution is -2.23. The highest BCUT2D eigenvalue weighted by Crippen LogP contribution is 2.21. The molecule has 2 aromatic carbocycles. The van der Waals surface area contributed by atoms with Gasteiger partial charge in [-0.25, -0.2) is 13.2 Å². The van der Waals surface area contributed by atoms with Crippen LogP contribution >= 0.6 is 0 Å². The average Bonchev–Trinajstić information content (AvgIpc) is 3.11. The van der Waals surface area contributed by atoms with Crippen LogP contribution in [0.2, 0.25) is 0 Å². The van der Waals surface area contributed by atoms with Crippen LogP contribution in [0.5, 0.6) is 0 Å². The Morgan fingerprint density at radius 1 is 1.00 bits per heavy atom. The number of nitrogens with zero attached hydrogens (tertiary/aromatic N) is 1. The first-order chi connectivity index (χ1) is 13.7. The lowest BCUT2D eigenvalue weighted by Gasteiger charge is -2.15. The highest BCUT2D eigenvalue weighted by molar-refractivity contribution is 7.89. The van der Waals surface area contributed by atoms with E-state index in [1.165, 1.54) is 24.3 Å². The van der Waals surface area contributed by atoms with Gasteiger partial charge in [0.1, 0.15) is 0 Å². The number of sulfone groups is 1. The number of hydrogen-bond acceptors (Lipinski definition) is 6. The first-order valence-corrected chi connectivity index (χ1v) is 11.2. The summed E-state index contributed by atoms with van der Waals surface area (Å²) in [6.45, 7) is 0.263. The molecule has 1 fully saturated rings. The molecule has 0 saturated carbocycles. The van der Waals surface area contributed by atoms with Crippen molar-refractivity contribution in [1.29, 1.82) is 0 Å². The second-order valence-electron chi connectivity index (χ2n) is 6.96. The molecule has 152 valence electrons. The molecule has 0 radical (unpaired) electrons. The van der Waals surface area contributed by atoms with Crippen molar-refractivity contribution in [3.8, 4) is 0 Å². The molecule has 7 nitrogen and oxygen atoms in total. The molecule has 2 aromatic rings. The smallest absolute Gasteiger partial charge is 0.338 e. The van der Waals surface area contributed by atoms with E-state index in [4.69, 9.17) is 4.74 Å². The number of hydrogen-bond donors (Lipinski definition) is 0. The number of Topliss-reactive ketones (excluding diaryl/α,β-unsaturated/α-hetero) is 1. The standard InChI is InChI=1S/C21H21NO6S/c1-29(26,27)14-15-4-6-17(7-5-15)21(25)28-13-19(23)16-8-10-18(11-9-16)22-12-2-3-20(22)24/h4-11H,2-3,12-14H2,1H3. The van der Waals surface area contributed by atoms with Crippen LogP contribution in [-0.2, 0) is 25.1 Å². The van der Waals surface area contributed by atoms with Gasteiger partial charge in [-0.1, -0.05) is 12.1 Å². The SMILES string of the molecule is CS(=O)(=O)Cc1ccc(C(=O)OCC(=O)c2ccc(N3CCCC3=O)cc2)cc1. The summed E-state index contributed by atoms with van der Waals surface area (Å²) in [5, 5.41) is 0. The lowest BCUT2D eigenvalue weighted by atomic mass is 10.1. The van der Waals surface area contributed by atoms with Crippen LogP contribution in [0.3, 0.4) is 0 Å². The van der Waals surface area contributed by atoms with E-state index in [1.54, 1.807) is 29.2 Å². The van der Waals surface area contributed by atoms with Gasteiger partial charge in [0, 0.05) is 30.5 Å². The molecule has 3 rings (SSSR count). The second kappa shape index (κ2) is 8.57. The summed E-state index contributed by atoms with van der Waals surface area (Å²) in [5.41, 5.74) is 1.93. The highest BCUT2D eigenvalue weighted by atomic mass is 32.2. The molecule has 1 heterocycles. The first-order valence-electron chi connectivity index (χ1n) is 9.10. The highest BCUT2D eigenvalue weighted by Gasteiger charge is 2.21. The maximum atomic E-state index is 12.3. The third-order valence-electron chi connectivity index (χ3n) is 4.53. The molecule has 0 unspecified atom stereocenters. The quantitative estimate of drug-likeness (QED) is 0.509. The average molecular weight is 415 g/mol. The Labute approximate surface area is 169 Å². The van der Waals surface area contributed by atoms with E-state index in [1.807, 2.05) is 0 Å². The van der Waals surface area contributed by atoms with Crippen molar-refractivity contribution in [2.75, 3.05) is 24.3 Å². The normalized spacial score (nSPS) is 14.1. The second-order valence-corrected chi connectivity index (χ2v) is 9.10. The molecule has 0 N–H and O–H groups in total. The molecule has 8 heteroatoms. The van der Waals surface area contributed by atoms with Crippen molar-refractivity contribution in [2.24, 2.45) is 0 Å². The number of amides is 1. The van der Waals surface area contributed by atoms with Crippen molar-refractivity contribution < 1.29 is 27.5 Å². The molecule has 0 spiro atoms. The molecule has 1 aliphatic rings. The maximum Gasteiger partial charge on any atom is 0.338 e. The predicted molar refractivity (Wildman–Crippen MR) is 108 cm³/mol. The van der Waals surface area contributed by atoms with E-state index in [2.05, 4.69) is 0 Å². The minimum Gasteiger partial charge on any atom is -0.454 e. The fourth-order valence-electron chi connectivity index (χ4n) is 3.09. The summed E-state index contributed by atoms with van der Waals surface area (Å²) in [6, 6.07) is 12.6. The van der Waals surface area contributed by atoms with E-state index in [-0.39, 0.29) is 23.0 Å². The zero-order valence-corrected chi connectivity index (χ0v) is 16.8. The molecule has 1 saturated heterocycles. The van der Waals surface area contributed by atoms with Crippen molar-refractivity contribution in [2.45, 2.75) is 18.6 Å². The summed E-state index contributed by atoms with van der Waals surface area (Å²) in [7, 11) is -3.16. The molecule has 0 aliphatic carbocycles. The van der Waals surface area contributed by atoms with Gasteiger partial charge in [0.2, 0.25) is 5.91 Å². The Bertz CT molecular complexity index is 1030. The number of anilines is 1. The van der Waals surface area contributed by atoms with E-state index in [0.29, 0.717) is 24.1 Å². The Balaban J connectivity index is 1.56. The fraction of sp³-hybridized carbons (Fsp3) is 0.286. The summed E-state index contributed by atoms with van der Waals surface area (Å²) in [5.74, 6) is -1.06. The zero-order valence-electron chi connectivity index (χ0n) is 16.0. The number of esters is 1. The van der Waals surface area contributed by atoms with Gasteiger partial charge in [0.15, 0.2) is 22.2 Å².